The molecule has 4 nitrogen and oxygen atoms in total. The zero-order valence-corrected chi connectivity index (χ0v) is 13.2. The lowest BCUT2D eigenvalue weighted by Crippen LogP contribution is -2.07. The third-order valence-electron chi connectivity index (χ3n) is 3.21. The van der Waals surface area contributed by atoms with Crippen LogP contribution in [0.2, 0.25) is 0 Å². The minimum atomic E-state index is -0.362. The first-order chi connectivity index (χ1) is 10.2. The highest BCUT2D eigenvalue weighted by molar-refractivity contribution is 7.13. The van der Waals surface area contributed by atoms with Crippen LogP contribution < -0.4 is 5.32 Å². The van der Waals surface area contributed by atoms with Crippen molar-refractivity contribution in [3.05, 3.63) is 47.0 Å². The molecule has 0 aliphatic rings. The summed E-state index contributed by atoms with van der Waals surface area (Å²) in [5.74, 6) is 0.127. The van der Waals surface area contributed by atoms with Crippen LogP contribution in [-0.2, 0) is 4.74 Å². The maximum absolute atomic E-state index is 11.5. The largest absolute Gasteiger partial charge is 0.461 e. The lowest BCUT2D eigenvalue weighted by atomic mass is 9.98. The zero-order valence-electron chi connectivity index (χ0n) is 12.3. The maximum atomic E-state index is 11.5. The van der Waals surface area contributed by atoms with E-state index in [1.54, 1.807) is 12.3 Å². The van der Waals surface area contributed by atoms with E-state index in [1.165, 1.54) is 16.9 Å². The van der Waals surface area contributed by atoms with Crippen molar-refractivity contribution in [1.29, 1.82) is 0 Å². The van der Waals surface area contributed by atoms with Crippen molar-refractivity contribution in [2.24, 2.45) is 0 Å². The molecule has 1 atom stereocenters. The molecule has 1 aromatic carbocycles. The van der Waals surface area contributed by atoms with Crippen LogP contribution in [0.3, 0.4) is 0 Å². The van der Waals surface area contributed by atoms with Crippen molar-refractivity contribution < 1.29 is 9.53 Å². The van der Waals surface area contributed by atoms with E-state index >= 15 is 0 Å². The van der Waals surface area contributed by atoms with Crippen LogP contribution in [0.25, 0.3) is 0 Å². The number of thiazole rings is 1. The number of benzene rings is 1. The number of hydrogen-bond donors (Lipinski definition) is 1. The summed E-state index contributed by atoms with van der Waals surface area (Å²) in [6.07, 6.45) is 1.01. The molecule has 0 saturated carbocycles. The number of hydrogen-bond acceptors (Lipinski definition) is 5. The number of rotatable bonds is 7. The summed E-state index contributed by atoms with van der Waals surface area (Å²) in [7, 11) is 0. The van der Waals surface area contributed by atoms with Crippen molar-refractivity contribution in [1.82, 2.24) is 4.98 Å². The van der Waals surface area contributed by atoms with Gasteiger partial charge in [0.05, 0.1) is 6.61 Å². The highest BCUT2D eigenvalue weighted by Crippen LogP contribution is 2.20. The van der Waals surface area contributed by atoms with Crippen molar-refractivity contribution in [3.8, 4) is 0 Å². The second-order valence-corrected chi connectivity index (χ2v) is 5.64. The number of nitrogens with zero attached hydrogens (tertiary/aromatic N) is 1. The van der Waals surface area contributed by atoms with Gasteiger partial charge in [-0.1, -0.05) is 37.3 Å². The molecule has 112 valence electrons. The van der Waals surface area contributed by atoms with E-state index in [2.05, 4.69) is 41.5 Å². The van der Waals surface area contributed by atoms with E-state index in [-0.39, 0.29) is 5.97 Å². The summed E-state index contributed by atoms with van der Waals surface area (Å²) in [4.78, 5) is 15.8. The Balaban J connectivity index is 1.80. The summed E-state index contributed by atoms with van der Waals surface area (Å²) < 4.78 is 4.92. The number of carbonyl (C=O) groups is 1. The van der Waals surface area contributed by atoms with Crippen molar-refractivity contribution in [2.45, 2.75) is 26.2 Å². The first-order valence-electron chi connectivity index (χ1n) is 7.12. The van der Waals surface area contributed by atoms with Gasteiger partial charge >= 0.3 is 5.97 Å². The van der Waals surface area contributed by atoms with E-state index in [0.29, 0.717) is 18.2 Å². The number of anilines is 1. The highest BCUT2D eigenvalue weighted by Gasteiger charge is 2.11. The molecular weight excluding hydrogens is 284 g/mol. The predicted molar refractivity (Wildman–Crippen MR) is 86.0 cm³/mol. The topological polar surface area (TPSA) is 51.2 Å². The highest BCUT2D eigenvalue weighted by atomic mass is 32.1. The maximum Gasteiger partial charge on any atom is 0.357 e. The van der Waals surface area contributed by atoms with Gasteiger partial charge in [0.25, 0.3) is 0 Å². The van der Waals surface area contributed by atoms with Gasteiger partial charge in [-0.25, -0.2) is 9.78 Å². The molecule has 0 saturated heterocycles. The number of carbonyl (C=O) groups excluding carboxylic acids is 1. The van der Waals surface area contributed by atoms with Crippen LogP contribution in [0.4, 0.5) is 5.13 Å². The van der Waals surface area contributed by atoms with E-state index in [0.717, 1.165) is 18.1 Å². The minimum absolute atomic E-state index is 0.362. The second kappa shape index (κ2) is 7.78. The van der Waals surface area contributed by atoms with E-state index in [1.807, 2.05) is 6.07 Å². The molecule has 21 heavy (non-hydrogen) atoms. The molecule has 1 N–H and O–H groups in total. The number of esters is 1. The summed E-state index contributed by atoms with van der Waals surface area (Å²) >= 11 is 1.43. The standard InChI is InChI=1S/C16H20N2O2S/c1-3-20-15(19)14-11-21-16(18-14)17-10-9-12(2)13-7-5-4-6-8-13/h4-8,11-12H,3,9-10H2,1-2H3,(H,17,18). The monoisotopic (exact) mass is 304 g/mol. The third-order valence-corrected chi connectivity index (χ3v) is 4.01. The normalized spacial score (nSPS) is 11.9. The summed E-state index contributed by atoms with van der Waals surface area (Å²) in [6, 6.07) is 10.4. The molecule has 5 heteroatoms. The first kappa shape index (κ1) is 15.5. The zero-order chi connectivity index (χ0) is 15.1. The average Bonchev–Trinajstić information content (AvgIpc) is 2.97. The van der Waals surface area contributed by atoms with Gasteiger partial charge in [-0.3, -0.25) is 0 Å². The van der Waals surface area contributed by atoms with Gasteiger partial charge in [0.1, 0.15) is 0 Å². The second-order valence-electron chi connectivity index (χ2n) is 4.79. The van der Waals surface area contributed by atoms with Gasteiger partial charge in [0, 0.05) is 11.9 Å². The van der Waals surface area contributed by atoms with Crippen molar-refractivity contribution in [3.63, 3.8) is 0 Å². The smallest absolute Gasteiger partial charge is 0.357 e. The van der Waals surface area contributed by atoms with Crippen LogP contribution in [-0.4, -0.2) is 24.1 Å². The van der Waals surface area contributed by atoms with Crippen LogP contribution in [0.15, 0.2) is 35.7 Å². The molecule has 0 aliphatic heterocycles. The Morgan fingerprint density at radius 2 is 2.14 bits per heavy atom. The average molecular weight is 304 g/mol. The van der Waals surface area contributed by atoms with Gasteiger partial charge < -0.3 is 10.1 Å². The number of ether oxygens (including phenoxy) is 1. The molecule has 1 heterocycles. The number of nitrogens with one attached hydrogen (secondary N) is 1. The fourth-order valence-corrected chi connectivity index (χ4v) is 2.71. The molecule has 2 aromatic rings. The minimum Gasteiger partial charge on any atom is -0.461 e. The molecule has 0 spiro atoms. The van der Waals surface area contributed by atoms with Gasteiger partial charge in [-0.05, 0) is 24.8 Å². The van der Waals surface area contributed by atoms with E-state index in [9.17, 15) is 4.79 Å². The Morgan fingerprint density at radius 1 is 1.38 bits per heavy atom. The molecule has 1 aromatic heterocycles. The van der Waals surface area contributed by atoms with Crippen molar-refractivity contribution in [2.75, 3.05) is 18.5 Å². The molecule has 0 aliphatic carbocycles. The van der Waals surface area contributed by atoms with Crippen LogP contribution in [0.1, 0.15) is 42.2 Å². The van der Waals surface area contributed by atoms with Gasteiger partial charge in [-0.2, -0.15) is 0 Å². The Kier molecular flexibility index (Phi) is 5.75. The fourth-order valence-electron chi connectivity index (χ4n) is 2.00. The summed E-state index contributed by atoms with van der Waals surface area (Å²) in [5, 5.41) is 5.75. The Hall–Kier alpha value is -1.88. The predicted octanol–water partition coefficient (Wildman–Crippen LogP) is 3.93. The molecule has 2 rings (SSSR count). The third kappa shape index (κ3) is 4.56. The Morgan fingerprint density at radius 3 is 2.86 bits per heavy atom. The number of aromatic nitrogens is 1. The lowest BCUT2D eigenvalue weighted by molar-refractivity contribution is 0.0520. The molecule has 0 radical (unpaired) electrons. The van der Waals surface area contributed by atoms with E-state index in [4.69, 9.17) is 4.74 Å². The van der Waals surface area contributed by atoms with Gasteiger partial charge in [0.15, 0.2) is 10.8 Å². The molecule has 0 amide bonds. The Bertz CT molecular complexity index is 569. The molecular formula is C16H20N2O2S. The van der Waals surface area contributed by atoms with Crippen LogP contribution >= 0.6 is 11.3 Å². The molecule has 1 unspecified atom stereocenters. The fraction of sp³-hybridized carbons (Fsp3) is 0.375. The molecule has 0 fully saturated rings. The van der Waals surface area contributed by atoms with E-state index < -0.39 is 0 Å². The Labute approximate surface area is 129 Å². The quantitative estimate of drug-likeness (QED) is 0.788. The summed E-state index contributed by atoms with van der Waals surface area (Å²) in [6.45, 7) is 5.19. The van der Waals surface area contributed by atoms with Crippen LogP contribution in [0, 0.1) is 0 Å². The lowest BCUT2D eigenvalue weighted by Gasteiger charge is -2.11. The van der Waals surface area contributed by atoms with Gasteiger partial charge in [0.2, 0.25) is 0 Å². The van der Waals surface area contributed by atoms with Crippen molar-refractivity contribution >= 4 is 22.4 Å². The summed E-state index contributed by atoms with van der Waals surface area (Å²) in [5.41, 5.74) is 1.71. The van der Waals surface area contributed by atoms with Gasteiger partial charge in [-0.15, -0.1) is 11.3 Å². The van der Waals surface area contributed by atoms with Crippen LogP contribution in [0.5, 0.6) is 0 Å². The first-order valence-corrected chi connectivity index (χ1v) is 8.00. The SMILES string of the molecule is CCOC(=O)c1csc(NCCC(C)c2ccccc2)n1. The molecule has 0 bridgehead atoms.